The minimum absolute atomic E-state index is 0.180. The van der Waals surface area contributed by atoms with Crippen LogP contribution in [0.25, 0.3) is 0 Å². The van der Waals surface area contributed by atoms with Gasteiger partial charge >= 0.3 is 0 Å². The number of carbonyl (C=O) groups excluding carboxylic acids is 1. The molecule has 0 aromatic carbocycles. The number of carbonyl (C=O) groups is 1. The van der Waals surface area contributed by atoms with E-state index in [0.717, 1.165) is 25.7 Å². The predicted octanol–water partition coefficient (Wildman–Crippen LogP) is 2.30. The van der Waals surface area contributed by atoms with Crippen molar-refractivity contribution >= 4 is 5.91 Å². The molecule has 3 N–H and O–H groups in total. The van der Waals surface area contributed by atoms with Gasteiger partial charge in [0.05, 0.1) is 0 Å². The number of hydrogen-bond donors (Lipinski definition) is 2. The molecule has 0 aromatic heterocycles. The maximum Gasteiger partial charge on any atom is 0.223 e. The first-order chi connectivity index (χ1) is 7.90. The number of hydrogen-bond acceptors (Lipinski definition) is 2. The lowest BCUT2D eigenvalue weighted by Crippen LogP contribution is -2.43. The van der Waals surface area contributed by atoms with E-state index in [1.54, 1.807) is 0 Å². The molecule has 1 fully saturated rings. The highest BCUT2D eigenvalue weighted by Gasteiger charge is 2.29. The maximum absolute atomic E-state index is 12.1. The van der Waals surface area contributed by atoms with Gasteiger partial charge in [-0.1, -0.05) is 20.8 Å². The fourth-order valence-electron chi connectivity index (χ4n) is 2.78. The summed E-state index contributed by atoms with van der Waals surface area (Å²) in [5.74, 6) is 1.51. The van der Waals surface area contributed by atoms with Crippen molar-refractivity contribution < 1.29 is 4.79 Å². The average molecular weight is 240 g/mol. The van der Waals surface area contributed by atoms with Crippen LogP contribution in [-0.2, 0) is 4.79 Å². The van der Waals surface area contributed by atoms with Gasteiger partial charge in [-0.25, -0.2) is 0 Å². The van der Waals surface area contributed by atoms with Crippen LogP contribution in [0.5, 0.6) is 0 Å². The third-order valence-corrected chi connectivity index (χ3v) is 3.82. The lowest BCUT2D eigenvalue weighted by Gasteiger charge is -2.31. The zero-order valence-corrected chi connectivity index (χ0v) is 11.7. The van der Waals surface area contributed by atoms with Crippen molar-refractivity contribution in [1.29, 1.82) is 0 Å². The Morgan fingerprint density at radius 2 is 2.00 bits per heavy atom. The maximum atomic E-state index is 12.1. The Hall–Kier alpha value is -0.570. The SMILES string of the molecule is CC(C)CC(C)NC(=O)C1CCC(N)C(C)C1. The van der Waals surface area contributed by atoms with E-state index in [2.05, 4.69) is 33.0 Å². The van der Waals surface area contributed by atoms with Crippen LogP contribution in [0.4, 0.5) is 0 Å². The lowest BCUT2D eigenvalue weighted by molar-refractivity contribution is -0.127. The normalized spacial score (nSPS) is 31.3. The van der Waals surface area contributed by atoms with Crippen LogP contribution in [0.2, 0.25) is 0 Å². The smallest absolute Gasteiger partial charge is 0.223 e. The molecule has 4 atom stereocenters. The summed E-state index contributed by atoms with van der Waals surface area (Å²) in [5, 5.41) is 3.14. The van der Waals surface area contributed by atoms with Crippen molar-refractivity contribution in [1.82, 2.24) is 5.32 Å². The van der Waals surface area contributed by atoms with Gasteiger partial charge in [-0.3, -0.25) is 4.79 Å². The second kappa shape index (κ2) is 6.39. The van der Waals surface area contributed by atoms with Crippen molar-refractivity contribution in [3.8, 4) is 0 Å². The standard InChI is InChI=1S/C14H28N2O/c1-9(2)7-11(4)16-14(17)12-5-6-13(15)10(3)8-12/h9-13H,5-8,15H2,1-4H3,(H,16,17). The molecule has 0 aliphatic heterocycles. The first kappa shape index (κ1) is 14.5. The van der Waals surface area contributed by atoms with Crippen LogP contribution >= 0.6 is 0 Å². The average Bonchev–Trinajstić information content (AvgIpc) is 2.20. The van der Waals surface area contributed by atoms with Crippen LogP contribution in [0.15, 0.2) is 0 Å². The summed E-state index contributed by atoms with van der Waals surface area (Å²) in [4.78, 5) is 12.1. The number of rotatable bonds is 4. The lowest BCUT2D eigenvalue weighted by atomic mass is 9.79. The molecule has 1 rings (SSSR count). The molecule has 1 aliphatic carbocycles. The number of nitrogens with one attached hydrogen (secondary N) is 1. The Morgan fingerprint density at radius 3 is 2.53 bits per heavy atom. The number of amides is 1. The zero-order chi connectivity index (χ0) is 13.0. The highest BCUT2D eigenvalue weighted by molar-refractivity contribution is 5.79. The molecule has 17 heavy (non-hydrogen) atoms. The van der Waals surface area contributed by atoms with Crippen molar-refractivity contribution in [2.75, 3.05) is 0 Å². The van der Waals surface area contributed by atoms with Crippen LogP contribution < -0.4 is 11.1 Å². The van der Waals surface area contributed by atoms with Gasteiger partial charge in [-0.2, -0.15) is 0 Å². The Labute approximate surface area is 106 Å². The Morgan fingerprint density at radius 1 is 1.35 bits per heavy atom. The second-order valence-corrected chi connectivity index (χ2v) is 6.19. The Balaban J connectivity index is 2.37. The topological polar surface area (TPSA) is 55.1 Å². The largest absolute Gasteiger partial charge is 0.353 e. The van der Waals surface area contributed by atoms with Gasteiger partial charge in [0, 0.05) is 18.0 Å². The summed E-state index contributed by atoms with van der Waals surface area (Å²) in [6, 6.07) is 0.570. The fraction of sp³-hybridized carbons (Fsp3) is 0.929. The third-order valence-electron chi connectivity index (χ3n) is 3.82. The van der Waals surface area contributed by atoms with E-state index >= 15 is 0 Å². The Bertz CT molecular complexity index is 253. The van der Waals surface area contributed by atoms with Crippen molar-refractivity contribution in [3.05, 3.63) is 0 Å². The molecule has 100 valence electrons. The third kappa shape index (κ3) is 4.66. The van der Waals surface area contributed by atoms with Crippen LogP contribution in [0.1, 0.15) is 53.4 Å². The van der Waals surface area contributed by atoms with Crippen molar-refractivity contribution in [2.45, 2.75) is 65.5 Å². The molecule has 3 heteroatoms. The molecule has 0 spiro atoms. The monoisotopic (exact) mass is 240 g/mol. The molecule has 1 saturated carbocycles. The molecule has 1 aliphatic rings. The molecule has 0 heterocycles. The summed E-state index contributed by atoms with van der Waals surface area (Å²) in [5.41, 5.74) is 5.98. The number of nitrogens with two attached hydrogens (primary N) is 1. The molecule has 1 amide bonds. The molecular weight excluding hydrogens is 212 g/mol. The van der Waals surface area contributed by atoms with Gasteiger partial charge in [0.2, 0.25) is 5.91 Å². The fourth-order valence-corrected chi connectivity index (χ4v) is 2.78. The van der Waals surface area contributed by atoms with E-state index in [9.17, 15) is 4.79 Å². The minimum Gasteiger partial charge on any atom is -0.353 e. The van der Waals surface area contributed by atoms with Gasteiger partial charge < -0.3 is 11.1 Å². The van der Waals surface area contributed by atoms with E-state index in [1.807, 2.05) is 0 Å². The summed E-state index contributed by atoms with van der Waals surface area (Å²) in [7, 11) is 0. The van der Waals surface area contributed by atoms with E-state index < -0.39 is 0 Å². The molecule has 3 nitrogen and oxygen atoms in total. The highest BCUT2D eigenvalue weighted by Crippen LogP contribution is 2.28. The molecule has 0 saturated heterocycles. The Kier molecular flexibility index (Phi) is 5.44. The summed E-state index contributed by atoms with van der Waals surface area (Å²) in [6.07, 6.45) is 3.93. The van der Waals surface area contributed by atoms with Gasteiger partial charge in [0.1, 0.15) is 0 Å². The predicted molar refractivity (Wildman–Crippen MR) is 71.5 cm³/mol. The van der Waals surface area contributed by atoms with Gasteiger partial charge in [0.25, 0.3) is 0 Å². The quantitative estimate of drug-likeness (QED) is 0.792. The molecular formula is C14H28N2O. The molecule has 0 radical (unpaired) electrons. The van der Waals surface area contributed by atoms with Crippen LogP contribution in [-0.4, -0.2) is 18.0 Å². The van der Waals surface area contributed by atoms with E-state index in [4.69, 9.17) is 5.73 Å². The molecule has 0 bridgehead atoms. The van der Waals surface area contributed by atoms with Gasteiger partial charge in [-0.05, 0) is 44.4 Å². The van der Waals surface area contributed by atoms with Gasteiger partial charge in [0.15, 0.2) is 0 Å². The summed E-state index contributed by atoms with van der Waals surface area (Å²) >= 11 is 0. The first-order valence-corrected chi connectivity index (χ1v) is 6.96. The van der Waals surface area contributed by atoms with Crippen LogP contribution in [0, 0.1) is 17.8 Å². The van der Waals surface area contributed by atoms with Crippen LogP contribution in [0.3, 0.4) is 0 Å². The highest BCUT2D eigenvalue weighted by atomic mass is 16.1. The molecule has 4 unspecified atom stereocenters. The summed E-state index contributed by atoms with van der Waals surface area (Å²) in [6.45, 7) is 8.62. The van der Waals surface area contributed by atoms with Crippen molar-refractivity contribution in [2.24, 2.45) is 23.5 Å². The van der Waals surface area contributed by atoms with Gasteiger partial charge in [-0.15, -0.1) is 0 Å². The zero-order valence-electron chi connectivity index (χ0n) is 11.7. The molecule has 0 aromatic rings. The van der Waals surface area contributed by atoms with Crippen molar-refractivity contribution in [3.63, 3.8) is 0 Å². The minimum atomic E-state index is 0.180. The summed E-state index contributed by atoms with van der Waals surface area (Å²) < 4.78 is 0. The van der Waals surface area contributed by atoms with E-state index in [0.29, 0.717) is 11.8 Å². The van der Waals surface area contributed by atoms with E-state index in [-0.39, 0.29) is 23.9 Å². The second-order valence-electron chi connectivity index (χ2n) is 6.19. The first-order valence-electron chi connectivity index (χ1n) is 6.96. The van der Waals surface area contributed by atoms with E-state index in [1.165, 1.54) is 0 Å².